The largest absolute Gasteiger partial charge is 0.481 e. The van der Waals surface area contributed by atoms with Crippen molar-refractivity contribution in [3.63, 3.8) is 0 Å². The molecule has 5 heteroatoms. The van der Waals surface area contributed by atoms with Crippen LogP contribution in [0.15, 0.2) is 0 Å². The molecule has 0 aromatic rings. The Kier molecular flexibility index (Phi) is 4.37. The highest BCUT2D eigenvalue weighted by Crippen LogP contribution is 2.39. The van der Waals surface area contributed by atoms with Crippen molar-refractivity contribution in [2.45, 2.75) is 58.1 Å². The fraction of sp³-hybridized carbons (Fsp3) is 0.867. The van der Waals surface area contributed by atoms with Gasteiger partial charge < -0.3 is 15.2 Å². The van der Waals surface area contributed by atoms with Gasteiger partial charge in [0.15, 0.2) is 0 Å². The molecule has 1 aliphatic carbocycles. The van der Waals surface area contributed by atoms with E-state index in [0.717, 1.165) is 12.8 Å². The van der Waals surface area contributed by atoms with Crippen LogP contribution in [0.25, 0.3) is 0 Å². The van der Waals surface area contributed by atoms with Crippen molar-refractivity contribution >= 4 is 11.9 Å². The van der Waals surface area contributed by atoms with Gasteiger partial charge in [-0.2, -0.15) is 0 Å². The third kappa shape index (κ3) is 2.82. The van der Waals surface area contributed by atoms with Crippen molar-refractivity contribution in [2.24, 2.45) is 17.8 Å². The maximum Gasteiger partial charge on any atom is 0.307 e. The molecule has 20 heavy (non-hydrogen) atoms. The predicted octanol–water partition coefficient (Wildman–Crippen LogP) is 1.81. The lowest BCUT2D eigenvalue weighted by molar-refractivity contribution is -0.146. The predicted molar refractivity (Wildman–Crippen MR) is 74.2 cm³/mol. The molecule has 0 radical (unpaired) electrons. The summed E-state index contributed by atoms with van der Waals surface area (Å²) in [6, 6.07) is 0. The summed E-state index contributed by atoms with van der Waals surface area (Å²) in [5.74, 6) is -1.56. The van der Waals surface area contributed by atoms with Gasteiger partial charge in [0, 0.05) is 6.61 Å². The first-order chi connectivity index (χ1) is 9.37. The quantitative estimate of drug-likeness (QED) is 0.825. The van der Waals surface area contributed by atoms with E-state index in [-0.39, 0.29) is 17.6 Å². The van der Waals surface area contributed by atoms with Crippen molar-refractivity contribution in [1.82, 2.24) is 5.32 Å². The zero-order valence-electron chi connectivity index (χ0n) is 12.5. The Morgan fingerprint density at radius 2 is 2.00 bits per heavy atom. The Morgan fingerprint density at radius 1 is 1.35 bits per heavy atom. The second-order valence-corrected chi connectivity index (χ2v) is 6.47. The molecule has 1 aliphatic heterocycles. The lowest BCUT2D eigenvalue weighted by Gasteiger charge is -2.31. The SMILES string of the molecule is CCC1CC(C(=O)O)C(C(=O)NC2(C)CCOC2C)C1. The lowest BCUT2D eigenvalue weighted by Crippen LogP contribution is -2.53. The second-order valence-electron chi connectivity index (χ2n) is 6.47. The minimum absolute atomic E-state index is 0.0295. The fourth-order valence-corrected chi connectivity index (χ4v) is 3.41. The second kappa shape index (κ2) is 5.72. The molecule has 1 heterocycles. The lowest BCUT2D eigenvalue weighted by atomic mass is 9.90. The minimum Gasteiger partial charge on any atom is -0.481 e. The van der Waals surface area contributed by atoms with Crippen LogP contribution < -0.4 is 5.32 Å². The van der Waals surface area contributed by atoms with Gasteiger partial charge in [-0.25, -0.2) is 0 Å². The summed E-state index contributed by atoms with van der Waals surface area (Å²) >= 11 is 0. The van der Waals surface area contributed by atoms with E-state index in [0.29, 0.717) is 25.4 Å². The number of ether oxygens (including phenoxy) is 1. The fourth-order valence-electron chi connectivity index (χ4n) is 3.41. The first-order valence-electron chi connectivity index (χ1n) is 7.53. The molecule has 0 aromatic heterocycles. The maximum atomic E-state index is 12.5. The molecule has 2 rings (SSSR count). The Balaban J connectivity index is 2.05. The van der Waals surface area contributed by atoms with Crippen molar-refractivity contribution in [2.75, 3.05) is 6.61 Å². The molecule has 1 saturated heterocycles. The van der Waals surface area contributed by atoms with Gasteiger partial charge in [-0.3, -0.25) is 9.59 Å². The van der Waals surface area contributed by atoms with Gasteiger partial charge in [0.2, 0.25) is 5.91 Å². The average molecular weight is 283 g/mol. The highest BCUT2D eigenvalue weighted by atomic mass is 16.5. The molecule has 5 unspecified atom stereocenters. The van der Waals surface area contributed by atoms with Crippen LogP contribution in [0.1, 0.15) is 46.5 Å². The molecule has 0 spiro atoms. The zero-order valence-corrected chi connectivity index (χ0v) is 12.5. The highest BCUT2D eigenvalue weighted by molar-refractivity contribution is 5.85. The van der Waals surface area contributed by atoms with Crippen molar-refractivity contribution in [1.29, 1.82) is 0 Å². The molecule has 2 aliphatic rings. The Bertz CT molecular complexity index is 397. The van der Waals surface area contributed by atoms with Gasteiger partial charge in [0.25, 0.3) is 0 Å². The van der Waals surface area contributed by atoms with E-state index >= 15 is 0 Å². The van der Waals surface area contributed by atoms with E-state index in [1.165, 1.54) is 0 Å². The number of carbonyl (C=O) groups is 2. The smallest absolute Gasteiger partial charge is 0.307 e. The number of rotatable bonds is 4. The van der Waals surface area contributed by atoms with Crippen LogP contribution in [-0.2, 0) is 14.3 Å². The highest BCUT2D eigenvalue weighted by Gasteiger charge is 2.45. The van der Waals surface area contributed by atoms with E-state index in [1.807, 2.05) is 13.8 Å². The number of carbonyl (C=O) groups excluding carboxylic acids is 1. The standard InChI is InChI=1S/C15H25NO4/c1-4-10-7-11(12(8-10)14(18)19)13(17)16-15(3)5-6-20-9(15)2/h9-12H,4-8H2,1-3H3,(H,16,17)(H,18,19). The summed E-state index contributed by atoms with van der Waals surface area (Å²) < 4.78 is 5.52. The molecular formula is C15H25NO4. The summed E-state index contributed by atoms with van der Waals surface area (Å²) in [6.45, 7) is 6.62. The third-order valence-corrected chi connectivity index (χ3v) is 5.19. The summed E-state index contributed by atoms with van der Waals surface area (Å²) in [6.07, 6.45) is 2.99. The Hall–Kier alpha value is -1.10. The van der Waals surface area contributed by atoms with Crippen LogP contribution >= 0.6 is 0 Å². The van der Waals surface area contributed by atoms with Gasteiger partial charge in [-0.1, -0.05) is 13.3 Å². The molecule has 1 saturated carbocycles. The first kappa shape index (κ1) is 15.3. The number of amides is 1. The zero-order chi connectivity index (χ0) is 14.9. The number of carboxylic acid groups (broad SMARTS) is 1. The van der Waals surface area contributed by atoms with Crippen molar-refractivity contribution in [3.05, 3.63) is 0 Å². The molecule has 1 amide bonds. The van der Waals surface area contributed by atoms with E-state index in [1.54, 1.807) is 0 Å². The summed E-state index contributed by atoms with van der Waals surface area (Å²) in [5, 5.41) is 12.4. The molecule has 0 bridgehead atoms. The van der Waals surface area contributed by atoms with E-state index in [4.69, 9.17) is 4.74 Å². The van der Waals surface area contributed by atoms with Gasteiger partial charge in [0.1, 0.15) is 0 Å². The minimum atomic E-state index is -0.845. The normalized spacial score (nSPS) is 40.8. The first-order valence-corrected chi connectivity index (χ1v) is 7.53. The van der Waals surface area contributed by atoms with E-state index in [9.17, 15) is 14.7 Å². The van der Waals surface area contributed by atoms with Crippen LogP contribution in [0.5, 0.6) is 0 Å². The number of hydrogen-bond acceptors (Lipinski definition) is 3. The summed E-state index contributed by atoms with van der Waals surface area (Å²) in [5.41, 5.74) is -0.371. The van der Waals surface area contributed by atoms with Crippen LogP contribution in [0.2, 0.25) is 0 Å². The molecule has 5 nitrogen and oxygen atoms in total. The maximum absolute atomic E-state index is 12.5. The topological polar surface area (TPSA) is 75.6 Å². The van der Waals surface area contributed by atoms with Crippen LogP contribution in [0.3, 0.4) is 0 Å². The van der Waals surface area contributed by atoms with Crippen LogP contribution in [-0.4, -0.2) is 35.2 Å². The third-order valence-electron chi connectivity index (χ3n) is 5.19. The van der Waals surface area contributed by atoms with Crippen LogP contribution in [0.4, 0.5) is 0 Å². The van der Waals surface area contributed by atoms with Gasteiger partial charge in [0.05, 0.1) is 23.5 Å². The summed E-state index contributed by atoms with van der Waals surface area (Å²) in [7, 11) is 0. The molecule has 114 valence electrons. The van der Waals surface area contributed by atoms with E-state index < -0.39 is 17.8 Å². The Morgan fingerprint density at radius 3 is 2.50 bits per heavy atom. The summed E-state index contributed by atoms with van der Waals surface area (Å²) in [4.78, 5) is 23.9. The molecule has 5 atom stereocenters. The van der Waals surface area contributed by atoms with Gasteiger partial charge >= 0.3 is 5.97 Å². The molecule has 2 fully saturated rings. The number of hydrogen-bond donors (Lipinski definition) is 2. The van der Waals surface area contributed by atoms with E-state index in [2.05, 4.69) is 12.2 Å². The Labute approximate surface area is 120 Å². The van der Waals surface area contributed by atoms with Crippen molar-refractivity contribution < 1.29 is 19.4 Å². The number of aliphatic carboxylic acids is 1. The van der Waals surface area contributed by atoms with Gasteiger partial charge in [-0.15, -0.1) is 0 Å². The molecular weight excluding hydrogens is 258 g/mol. The molecule has 2 N–H and O–H groups in total. The molecule has 0 aromatic carbocycles. The number of nitrogens with one attached hydrogen (secondary N) is 1. The number of carboxylic acids is 1. The monoisotopic (exact) mass is 283 g/mol. The average Bonchev–Trinajstić information content (AvgIpc) is 2.94. The van der Waals surface area contributed by atoms with Gasteiger partial charge in [-0.05, 0) is 39.0 Å². The van der Waals surface area contributed by atoms with Crippen LogP contribution in [0, 0.1) is 17.8 Å². The van der Waals surface area contributed by atoms with Crippen molar-refractivity contribution in [3.8, 4) is 0 Å².